The zero-order valence-corrected chi connectivity index (χ0v) is 16.7. The lowest BCUT2D eigenvalue weighted by molar-refractivity contribution is -0.137. The van der Waals surface area contributed by atoms with E-state index < -0.39 is 5.97 Å². The SMILES string of the molecule is Cc1ncc([C@H](CCCCCCc2ccc3c(n2)NCCC3)CC(=O)O)cn1. The van der Waals surface area contributed by atoms with Crippen molar-refractivity contribution in [3.8, 4) is 0 Å². The number of fused-ring (bicyclic) bond motifs is 1. The molecule has 0 bridgehead atoms. The fraction of sp³-hybridized carbons (Fsp3) is 0.545. The van der Waals surface area contributed by atoms with Crippen molar-refractivity contribution in [1.29, 1.82) is 0 Å². The smallest absolute Gasteiger partial charge is 0.303 e. The van der Waals surface area contributed by atoms with Gasteiger partial charge in [-0.1, -0.05) is 25.3 Å². The number of unbranched alkanes of at least 4 members (excludes halogenated alkanes) is 3. The zero-order chi connectivity index (χ0) is 19.8. The number of carboxylic acid groups (broad SMARTS) is 1. The molecule has 2 aromatic rings. The third-order valence-corrected chi connectivity index (χ3v) is 5.38. The molecule has 1 aliphatic heterocycles. The van der Waals surface area contributed by atoms with E-state index in [0.717, 1.165) is 68.6 Å². The molecule has 0 amide bonds. The Morgan fingerprint density at radius 1 is 1.18 bits per heavy atom. The highest BCUT2D eigenvalue weighted by molar-refractivity contribution is 5.68. The van der Waals surface area contributed by atoms with Crippen LogP contribution < -0.4 is 5.32 Å². The second-order valence-electron chi connectivity index (χ2n) is 7.65. The van der Waals surface area contributed by atoms with Crippen molar-refractivity contribution in [2.24, 2.45) is 0 Å². The van der Waals surface area contributed by atoms with E-state index in [0.29, 0.717) is 5.82 Å². The van der Waals surface area contributed by atoms with Crippen molar-refractivity contribution in [2.75, 3.05) is 11.9 Å². The van der Waals surface area contributed by atoms with Crippen molar-refractivity contribution >= 4 is 11.8 Å². The molecule has 28 heavy (non-hydrogen) atoms. The summed E-state index contributed by atoms with van der Waals surface area (Å²) in [6, 6.07) is 4.37. The third kappa shape index (κ3) is 6.01. The van der Waals surface area contributed by atoms with E-state index in [9.17, 15) is 9.90 Å². The molecule has 0 saturated heterocycles. The summed E-state index contributed by atoms with van der Waals surface area (Å²) >= 11 is 0. The molecule has 0 spiro atoms. The highest BCUT2D eigenvalue weighted by Gasteiger charge is 2.16. The van der Waals surface area contributed by atoms with Gasteiger partial charge in [0.2, 0.25) is 0 Å². The van der Waals surface area contributed by atoms with Crippen LogP contribution in [0.25, 0.3) is 0 Å². The van der Waals surface area contributed by atoms with Gasteiger partial charge in [-0.05, 0) is 62.1 Å². The van der Waals surface area contributed by atoms with Gasteiger partial charge in [-0.15, -0.1) is 0 Å². The predicted octanol–water partition coefficient (Wildman–Crippen LogP) is 4.29. The van der Waals surface area contributed by atoms with Crippen molar-refractivity contribution in [2.45, 2.75) is 70.6 Å². The van der Waals surface area contributed by atoms with Crippen molar-refractivity contribution in [3.05, 3.63) is 47.2 Å². The number of carboxylic acids is 1. The molecule has 0 unspecified atom stereocenters. The molecule has 3 rings (SSSR count). The maximum absolute atomic E-state index is 11.2. The average molecular weight is 383 g/mol. The molecular formula is C22H30N4O2. The molecular weight excluding hydrogens is 352 g/mol. The van der Waals surface area contributed by atoms with Crippen molar-refractivity contribution < 1.29 is 9.90 Å². The Kier molecular flexibility index (Phi) is 7.34. The Hall–Kier alpha value is -2.50. The molecule has 0 aliphatic carbocycles. The van der Waals surface area contributed by atoms with E-state index in [1.54, 1.807) is 12.4 Å². The Balaban J connectivity index is 1.40. The maximum Gasteiger partial charge on any atom is 0.303 e. The molecule has 150 valence electrons. The topological polar surface area (TPSA) is 88.0 Å². The third-order valence-electron chi connectivity index (χ3n) is 5.38. The predicted molar refractivity (Wildman–Crippen MR) is 110 cm³/mol. The molecule has 6 heteroatoms. The van der Waals surface area contributed by atoms with Crippen LogP contribution in [0, 0.1) is 6.92 Å². The molecule has 2 aromatic heterocycles. The second kappa shape index (κ2) is 10.2. The van der Waals surface area contributed by atoms with Gasteiger partial charge in [-0.2, -0.15) is 0 Å². The number of carbonyl (C=O) groups is 1. The summed E-state index contributed by atoms with van der Waals surface area (Å²) in [5, 5.41) is 12.6. The Morgan fingerprint density at radius 2 is 1.96 bits per heavy atom. The molecule has 0 fully saturated rings. The monoisotopic (exact) mass is 382 g/mol. The number of aliphatic carboxylic acids is 1. The van der Waals surface area contributed by atoms with Gasteiger partial charge in [0.1, 0.15) is 11.6 Å². The standard InChI is InChI=1S/C22H30N4O2/c1-16-24-14-19(15-25-16)18(13-21(27)28)7-4-2-3-5-9-20-11-10-17-8-6-12-23-22(17)26-20/h10-11,14-15,18H,2-9,12-13H2,1H3,(H,23,26)(H,27,28)/t18-/m1/s1. The first kappa shape index (κ1) is 20.2. The molecule has 1 aliphatic rings. The minimum absolute atomic E-state index is 0.00788. The summed E-state index contributed by atoms with van der Waals surface area (Å²) in [4.78, 5) is 24.4. The van der Waals surface area contributed by atoms with E-state index in [4.69, 9.17) is 4.98 Å². The van der Waals surface area contributed by atoms with Gasteiger partial charge in [0.15, 0.2) is 0 Å². The normalized spacial score (nSPS) is 14.2. The number of anilines is 1. The lowest BCUT2D eigenvalue weighted by atomic mass is 9.92. The molecule has 0 saturated carbocycles. The van der Waals surface area contributed by atoms with Crippen LogP contribution in [0.2, 0.25) is 0 Å². The van der Waals surface area contributed by atoms with Crippen LogP contribution in [0.4, 0.5) is 5.82 Å². The van der Waals surface area contributed by atoms with Crippen LogP contribution in [0.1, 0.15) is 73.5 Å². The van der Waals surface area contributed by atoms with E-state index in [-0.39, 0.29) is 12.3 Å². The van der Waals surface area contributed by atoms with Crippen molar-refractivity contribution in [1.82, 2.24) is 15.0 Å². The molecule has 3 heterocycles. The summed E-state index contributed by atoms with van der Waals surface area (Å²) in [6.45, 7) is 2.86. The van der Waals surface area contributed by atoms with Gasteiger partial charge in [0.05, 0.1) is 6.42 Å². The largest absolute Gasteiger partial charge is 0.481 e. The molecule has 0 aromatic carbocycles. The van der Waals surface area contributed by atoms with Gasteiger partial charge in [-0.25, -0.2) is 15.0 Å². The first-order valence-corrected chi connectivity index (χ1v) is 10.3. The summed E-state index contributed by atoms with van der Waals surface area (Å²) in [5.41, 5.74) is 3.42. The van der Waals surface area contributed by atoms with E-state index in [1.165, 1.54) is 12.0 Å². The number of hydrogen-bond acceptors (Lipinski definition) is 5. The van der Waals surface area contributed by atoms with Crippen LogP contribution in [-0.2, 0) is 17.6 Å². The lowest BCUT2D eigenvalue weighted by Crippen LogP contribution is -2.13. The van der Waals surface area contributed by atoms with Gasteiger partial charge in [0, 0.05) is 24.6 Å². The van der Waals surface area contributed by atoms with Gasteiger partial charge in [0.25, 0.3) is 0 Å². The first-order valence-electron chi connectivity index (χ1n) is 10.3. The van der Waals surface area contributed by atoms with E-state index in [2.05, 4.69) is 27.4 Å². The molecule has 2 N–H and O–H groups in total. The quantitative estimate of drug-likeness (QED) is 0.596. The van der Waals surface area contributed by atoms with Gasteiger partial charge < -0.3 is 10.4 Å². The number of pyridine rings is 1. The number of aromatic nitrogens is 3. The zero-order valence-electron chi connectivity index (χ0n) is 16.7. The van der Waals surface area contributed by atoms with E-state index in [1.807, 2.05) is 6.92 Å². The summed E-state index contributed by atoms with van der Waals surface area (Å²) in [5.74, 6) is 1.01. The number of hydrogen-bond donors (Lipinski definition) is 2. The molecule has 1 atom stereocenters. The number of nitrogens with zero attached hydrogens (tertiary/aromatic N) is 3. The molecule has 0 radical (unpaired) electrons. The number of nitrogens with one attached hydrogen (secondary N) is 1. The molecule has 6 nitrogen and oxygen atoms in total. The number of rotatable bonds is 10. The highest BCUT2D eigenvalue weighted by Crippen LogP contribution is 2.26. The minimum Gasteiger partial charge on any atom is -0.481 e. The van der Waals surface area contributed by atoms with Crippen LogP contribution in [0.3, 0.4) is 0 Å². The second-order valence-corrected chi connectivity index (χ2v) is 7.65. The van der Waals surface area contributed by atoms with Crippen LogP contribution in [0.5, 0.6) is 0 Å². The fourth-order valence-corrected chi connectivity index (χ4v) is 3.77. The average Bonchev–Trinajstić information content (AvgIpc) is 2.70. The first-order chi connectivity index (χ1) is 13.6. The van der Waals surface area contributed by atoms with Gasteiger partial charge in [-0.3, -0.25) is 4.79 Å². The summed E-state index contributed by atoms with van der Waals surface area (Å²) in [6.07, 6.45) is 12.2. The maximum atomic E-state index is 11.2. The van der Waals surface area contributed by atoms with Crippen LogP contribution >= 0.6 is 0 Å². The highest BCUT2D eigenvalue weighted by atomic mass is 16.4. The van der Waals surface area contributed by atoms with Crippen LogP contribution in [0.15, 0.2) is 24.5 Å². The Morgan fingerprint density at radius 3 is 2.75 bits per heavy atom. The lowest BCUT2D eigenvalue weighted by Gasteiger charge is -2.17. The van der Waals surface area contributed by atoms with Crippen LogP contribution in [-0.4, -0.2) is 32.6 Å². The van der Waals surface area contributed by atoms with Gasteiger partial charge >= 0.3 is 5.97 Å². The van der Waals surface area contributed by atoms with E-state index >= 15 is 0 Å². The fourth-order valence-electron chi connectivity index (χ4n) is 3.77. The Labute approximate surface area is 166 Å². The summed E-state index contributed by atoms with van der Waals surface area (Å²) < 4.78 is 0. The Bertz CT molecular complexity index is 777. The minimum atomic E-state index is -0.766. The van der Waals surface area contributed by atoms with Crippen molar-refractivity contribution in [3.63, 3.8) is 0 Å². The summed E-state index contributed by atoms with van der Waals surface area (Å²) in [7, 11) is 0. The number of aryl methyl sites for hydroxylation is 3.